The number of para-hydroxylation sites is 4. The number of carbonyl (C=O) groups is 2. The number of nitrogens with zero attached hydrogens (tertiary/aromatic N) is 8. The number of hydrogen-bond acceptors (Lipinski definition) is 10. The summed E-state index contributed by atoms with van der Waals surface area (Å²) in [7, 11) is 2.68. The third-order valence-electron chi connectivity index (χ3n) is 9.58. The average molecular weight is 843 g/mol. The summed E-state index contributed by atoms with van der Waals surface area (Å²) in [4.78, 5) is 24.5. The molecule has 0 fully saturated rings. The Hall–Kier alpha value is -6.29. The molecule has 0 amide bonds. The summed E-state index contributed by atoms with van der Waals surface area (Å²) in [5.74, 6) is -0.928. The number of carbonyl (C=O) groups excluding carboxylic acids is 2. The Balaban J connectivity index is 0.000000266. The summed E-state index contributed by atoms with van der Waals surface area (Å²) in [6.07, 6.45) is 2.44. The molecule has 4 aromatic carbocycles. The van der Waals surface area contributed by atoms with Gasteiger partial charge in [0.2, 0.25) is 0 Å². The zero-order valence-electron chi connectivity index (χ0n) is 35.2. The van der Waals surface area contributed by atoms with Crippen molar-refractivity contribution >= 4 is 29.3 Å². The van der Waals surface area contributed by atoms with Gasteiger partial charge in [-0.25, -0.2) is 28.3 Å². The summed E-state index contributed by atoms with van der Waals surface area (Å²) in [6, 6.07) is 45.6. The standard InChI is InChI=1S/C24H22N4O4.C22H22N4O2.Al.Li.4H/c1-31-23(29)21-15-17(25-27(21)19-9-5-3-6-10-19)13-14-18-16-22(24(30)32-2)28(26-18)20-11-7-4-8-12-20;27-15-21-13-17(23-25(21)19-7-3-1-4-8-19)11-12-18-14-22(16-28)26(24-18)20-9-5-2-6-10-20;;;;;;/h3-12,15-16H,13-14H2,1-2H3;1-10,13-14,27-28H,11-12,15-16H2;;;;;;/q;;;+1;;;;-1. The number of hydrogen-bond donors (Lipinski definition) is 2. The van der Waals surface area contributed by atoms with Gasteiger partial charge in [0.25, 0.3) is 0 Å². The molecule has 0 aliphatic carbocycles. The van der Waals surface area contributed by atoms with Crippen molar-refractivity contribution in [1.82, 2.24) is 39.1 Å². The Labute approximate surface area is 383 Å². The predicted octanol–water partition coefficient (Wildman–Crippen LogP) is 2.18. The average Bonchev–Trinajstić information content (AvgIpc) is 4.13. The van der Waals surface area contributed by atoms with Crippen LogP contribution in [0.15, 0.2) is 146 Å². The Morgan fingerprint density at radius 1 is 0.468 bits per heavy atom. The van der Waals surface area contributed by atoms with E-state index in [1.54, 1.807) is 30.9 Å². The van der Waals surface area contributed by atoms with Gasteiger partial charge in [0.15, 0.2) is 28.7 Å². The van der Waals surface area contributed by atoms with Crippen molar-refractivity contribution in [3.63, 3.8) is 0 Å². The molecule has 0 saturated carbocycles. The van der Waals surface area contributed by atoms with Crippen LogP contribution in [-0.2, 0) is 48.4 Å². The van der Waals surface area contributed by atoms with Gasteiger partial charge in [0, 0.05) is 0 Å². The minimum atomic E-state index is -0.464. The van der Waals surface area contributed by atoms with Gasteiger partial charge < -0.3 is 21.1 Å². The maximum absolute atomic E-state index is 12.3. The SMILES string of the molecule is COC(=O)c1cc(CCc2cc(C(=O)OC)n(-c3ccccc3)n2)nn1-c1ccccc1.OCc1cc(CCc2cc(CO)n(-c3ccccc3)n2)nn1-c1ccccc1.[AlH3].[H-].[Li+]. The van der Waals surface area contributed by atoms with Crippen molar-refractivity contribution in [2.45, 2.75) is 38.9 Å². The summed E-state index contributed by atoms with van der Waals surface area (Å²) < 4.78 is 16.5. The van der Waals surface area contributed by atoms with Crippen LogP contribution in [0, 0.1) is 0 Å². The topological polar surface area (TPSA) is 164 Å². The maximum Gasteiger partial charge on any atom is 1.00 e. The smallest absolute Gasteiger partial charge is 1.00 e. The van der Waals surface area contributed by atoms with Crippen LogP contribution in [0.2, 0.25) is 0 Å². The minimum Gasteiger partial charge on any atom is -1.00 e. The van der Waals surface area contributed by atoms with E-state index in [2.05, 4.69) is 20.4 Å². The van der Waals surface area contributed by atoms with Gasteiger partial charge in [-0.1, -0.05) is 72.8 Å². The molecule has 0 radical (unpaired) electrons. The number of rotatable bonds is 14. The summed E-state index contributed by atoms with van der Waals surface area (Å²) in [5.41, 5.74) is 8.80. The van der Waals surface area contributed by atoms with Gasteiger partial charge in [-0.3, -0.25) is 0 Å². The quantitative estimate of drug-likeness (QED) is 0.123. The number of aliphatic hydroxyl groups is 2. The van der Waals surface area contributed by atoms with E-state index in [1.165, 1.54) is 14.2 Å². The summed E-state index contributed by atoms with van der Waals surface area (Å²) >= 11 is 0. The van der Waals surface area contributed by atoms with Crippen LogP contribution in [0.1, 0.15) is 56.6 Å². The molecule has 16 heteroatoms. The Morgan fingerprint density at radius 2 is 0.726 bits per heavy atom. The number of methoxy groups -OCH3 is 2. The van der Waals surface area contributed by atoms with Gasteiger partial charge >= 0.3 is 30.8 Å². The molecule has 312 valence electrons. The minimum absolute atomic E-state index is 0. The molecule has 0 aliphatic heterocycles. The van der Waals surface area contributed by atoms with Gasteiger partial charge in [0.05, 0.1) is 84.3 Å². The molecule has 14 nitrogen and oxygen atoms in total. The second-order valence-electron chi connectivity index (χ2n) is 13.6. The molecule has 0 bridgehead atoms. The van der Waals surface area contributed by atoms with E-state index in [1.807, 2.05) is 133 Å². The molecular formula is C46H48AlLiN8O6. The monoisotopic (exact) mass is 842 g/mol. The first kappa shape index (κ1) is 46.8. The van der Waals surface area contributed by atoms with E-state index in [4.69, 9.17) is 9.47 Å². The number of esters is 2. The molecule has 0 atom stereocenters. The number of aryl methyl sites for hydroxylation is 4. The van der Waals surface area contributed by atoms with E-state index in [9.17, 15) is 19.8 Å². The van der Waals surface area contributed by atoms with Crippen LogP contribution in [0.25, 0.3) is 22.7 Å². The normalized spacial score (nSPS) is 10.5. The van der Waals surface area contributed by atoms with Crippen LogP contribution in [0.3, 0.4) is 0 Å². The van der Waals surface area contributed by atoms with Crippen LogP contribution in [0.5, 0.6) is 0 Å². The molecule has 8 aromatic rings. The number of benzene rings is 4. The fourth-order valence-corrected chi connectivity index (χ4v) is 6.65. The fourth-order valence-electron chi connectivity index (χ4n) is 6.65. The first-order chi connectivity index (χ1) is 29.4. The van der Waals surface area contributed by atoms with Crippen molar-refractivity contribution in [2.75, 3.05) is 14.2 Å². The molecule has 0 unspecified atom stereocenters. The fraction of sp³-hybridized carbons (Fsp3) is 0.174. The number of aromatic nitrogens is 8. The molecule has 0 spiro atoms. The first-order valence-corrected chi connectivity index (χ1v) is 19.3. The first-order valence-electron chi connectivity index (χ1n) is 19.3. The predicted molar refractivity (Wildman–Crippen MR) is 235 cm³/mol. The van der Waals surface area contributed by atoms with E-state index < -0.39 is 11.9 Å². The third-order valence-corrected chi connectivity index (χ3v) is 9.58. The molecule has 2 N–H and O–H groups in total. The van der Waals surface area contributed by atoms with Gasteiger partial charge in [-0.2, -0.15) is 20.4 Å². The van der Waals surface area contributed by atoms with Crippen LogP contribution < -0.4 is 18.9 Å². The van der Waals surface area contributed by atoms with Crippen LogP contribution in [0.4, 0.5) is 0 Å². The molecule has 4 aromatic heterocycles. The van der Waals surface area contributed by atoms with Crippen LogP contribution >= 0.6 is 0 Å². The van der Waals surface area contributed by atoms with Gasteiger partial charge in [-0.05, 0) is 98.5 Å². The third kappa shape index (κ3) is 11.1. The molecule has 8 rings (SSSR count). The zero-order valence-corrected chi connectivity index (χ0v) is 34.2. The second kappa shape index (κ2) is 22.5. The largest absolute Gasteiger partial charge is 1.00 e. The second-order valence-corrected chi connectivity index (χ2v) is 13.6. The van der Waals surface area contributed by atoms with Crippen LogP contribution in [-0.4, -0.2) is 92.9 Å². The number of ether oxygens (including phenoxy) is 2. The van der Waals surface area contributed by atoms with E-state index in [0.29, 0.717) is 48.5 Å². The molecular weight excluding hydrogens is 794 g/mol. The van der Waals surface area contributed by atoms with Crippen molar-refractivity contribution < 1.29 is 49.6 Å². The van der Waals surface area contributed by atoms with Crippen molar-refractivity contribution in [3.8, 4) is 22.7 Å². The Morgan fingerprint density at radius 3 is 1.00 bits per heavy atom. The van der Waals surface area contributed by atoms with Crippen molar-refractivity contribution in [1.29, 1.82) is 0 Å². The molecule has 4 heterocycles. The Bertz CT molecular complexity index is 2470. The zero-order chi connectivity index (χ0) is 41.8. The summed E-state index contributed by atoms with van der Waals surface area (Å²) in [6.45, 7) is -0.140. The van der Waals surface area contributed by atoms with E-state index in [-0.39, 0.29) is 50.9 Å². The van der Waals surface area contributed by atoms with Gasteiger partial charge in [0.1, 0.15) is 0 Å². The molecule has 0 aliphatic rings. The van der Waals surface area contributed by atoms with E-state index in [0.717, 1.165) is 45.5 Å². The van der Waals surface area contributed by atoms with E-state index >= 15 is 0 Å². The molecule has 62 heavy (non-hydrogen) atoms. The molecule has 0 saturated heterocycles. The maximum atomic E-state index is 12.3. The van der Waals surface area contributed by atoms with Gasteiger partial charge in [-0.15, -0.1) is 0 Å². The summed E-state index contributed by atoms with van der Waals surface area (Å²) in [5, 5.41) is 37.8. The van der Waals surface area contributed by atoms with Crippen molar-refractivity contribution in [3.05, 3.63) is 191 Å². The van der Waals surface area contributed by atoms with Crippen molar-refractivity contribution in [2.24, 2.45) is 0 Å². The number of aliphatic hydroxyl groups excluding tert-OH is 2. The Kier molecular flexibility index (Phi) is 17.0.